The summed E-state index contributed by atoms with van der Waals surface area (Å²) in [6.07, 6.45) is 0. The van der Waals surface area contributed by atoms with E-state index in [4.69, 9.17) is 28.6 Å². The summed E-state index contributed by atoms with van der Waals surface area (Å²) in [5.74, 6) is 0.121. The van der Waals surface area contributed by atoms with E-state index in [2.05, 4.69) is 36.8 Å². The number of nitrogens with one attached hydrogen (secondary N) is 2. The van der Waals surface area contributed by atoms with E-state index >= 15 is 0 Å². The van der Waals surface area contributed by atoms with Crippen LogP contribution in [-0.4, -0.2) is 33.1 Å². The van der Waals surface area contributed by atoms with Crippen molar-refractivity contribution in [2.75, 3.05) is 12.4 Å². The average molecular weight is 545 g/mol. The molecule has 4 rings (SSSR count). The van der Waals surface area contributed by atoms with Crippen LogP contribution >= 0.6 is 39.7 Å². The van der Waals surface area contributed by atoms with Gasteiger partial charge in [-0.05, 0) is 85.7 Å². The molecule has 1 heterocycles. The maximum absolute atomic E-state index is 12.8. The highest BCUT2D eigenvalue weighted by Gasteiger charge is 2.17. The molecule has 1 aromatic heterocycles. The molecule has 0 aliphatic carbocycles. The third kappa shape index (κ3) is 5.00. The summed E-state index contributed by atoms with van der Waals surface area (Å²) >= 11 is 14.8. The molecule has 0 saturated carbocycles. The highest BCUT2D eigenvalue weighted by Crippen LogP contribution is 2.28. The first-order chi connectivity index (χ1) is 15.7. The van der Waals surface area contributed by atoms with Crippen molar-refractivity contribution in [1.29, 1.82) is 0 Å². The molecule has 0 radical (unpaired) electrons. The first kappa shape index (κ1) is 23.2. The predicted molar refractivity (Wildman–Crippen MR) is 138 cm³/mol. The summed E-state index contributed by atoms with van der Waals surface area (Å²) in [5, 5.41) is 15.7. The van der Waals surface area contributed by atoms with Crippen molar-refractivity contribution in [3.05, 3.63) is 74.7 Å². The number of halogens is 2. The molecule has 0 spiro atoms. The number of carbonyl (C=O) groups is 1. The summed E-state index contributed by atoms with van der Waals surface area (Å²) in [4.78, 5) is 14.4. The fraction of sp³-hybridized carbons (Fsp3) is 0.130. The third-order valence-corrected chi connectivity index (χ3v) is 5.86. The monoisotopic (exact) mass is 543 g/mol. The molecule has 7 nitrogen and oxygen atoms in total. The van der Waals surface area contributed by atoms with E-state index in [1.807, 2.05) is 44.2 Å². The largest absolute Gasteiger partial charge is 0.496 e. The number of aryl methyl sites for hydroxylation is 2. The van der Waals surface area contributed by atoms with E-state index in [-0.39, 0.29) is 11.0 Å². The van der Waals surface area contributed by atoms with Crippen molar-refractivity contribution in [1.82, 2.24) is 20.3 Å². The van der Waals surface area contributed by atoms with Gasteiger partial charge < -0.3 is 10.1 Å². The first-order valence-corrected chi connectivity index (χ1v) is 11.4. The number of benzene rings is 3. The molecule has 33 heavy (non-hydrogen) atoms. The van der Waals surface area contributed by atoms with Gasteiger partial charge in [0.2, 0.25) is 0 Å². The van der Waals surface area contributed by atoms with Gasteiger partial charge in [-0.2, -0.15) is 4.80 Å². The lowest BCUT2D eigenvalue weighted by Gasteiger charge is -2.14. The zero-order valence-electron chi connectivity index (χ0n) is 17.9. The minimum absolute atomic E-state index is 0.159. The van der Waals surface area contributed by atoms with Crippen molar-refractivity contribution in [3.8, 4) is 11.4 Å². The summed E-state index contributed by atoms with van der Waals surface area (Å²) in [6.45, 7) is 3.79. The van der Waals surface area contributed by atoms with E-state index in [9.17, 15) is 4.79 Å². The van der Waals surface area contributed by atoms with Gasteiger partial charge in [0, 0.05) is 15.2 Å². The predicted octanol–water partition coefficient (Wildman–Crippen LogP) is 5.59. The van der Waals surface area contributed by atoms with Crippen LogP contribution < -0.4 is 15.4 Å². The molecule has 1 amide bonds. The Morgan fingerprint density at radius 1 is 1.06 bits per heavy atom. The smallest absolute Gasteiger partial charge is 0.261 e. The number of amides is 1. The quantitative estimate of drug-likeness (QED) is 0.326. The molecule has 4 aromatic rings. The highest BCUT2D eigenvalue weighted by atomic mass is 79.9. The summed E-state index contributed by atoms with van der Waals surface area (Å²) < 4.78 is 6.17. The van der Waals surface area contributed by atoms with Gasteiger partial charge in [-0.1, -0.05) is 27.5 Å². The van der Waals surface area contributed by atoms with Crippen LogP contribution in [0.4, 0.5) is 5.69 Å². The molecule has 0 fully saturated rings. The fourth-order valence-corrected chi connectivity index (χ4v) is 4.29. The molecule has 0 atom stereocenters. The number of nitrogens with zero attached hydrogens (tertiary/aromatic N) is 3. The Morgan fingerprint density at radius 2 is 1.73 bits per heavy atom. The Kier molecular flexibility index (Phi) is 6.64. The van der Waals surface area contributed by atoms with Gasteiger partial charge >= 0.3 is 0 Å². The van der Waals surface area contributed by atoms with Gasteiger partial charge in [-0.15, -0.1) is 10.2 Å². The standard InChI is InChI=1S/C23H19BrClN5O2S/c1-12-9-19-20(29-30(28-19)16-6-4-15(25)5-7-16)11-18(12)26-23(33)27-22(31)17-10-14(24)8-13(2)21(17)32-3/h4-11H,1-3H3,(H2,26,27,31,33). The minimum Gasteiger partial charge on any atom is -0.496 e. The van der Waals surface area contributed by atoms with Crippen LogP contribution in [0.2, 0.25) is 5.02 Å². The van der Waals surface area contributed by atoms with Crippen molar-refractivity contribution in [3.63, 3.8) is 0 Å². The summed E-state index contributed by atoms with van der Waals surface area (Å²) in [5.41, 5.74) is 5.04. The minimum atomic E-state index is -0.374. The summed E-state index contributed by atoms with van der Waals surface area (Å²) in [6, 6.07) is 14.6. The number of hydrogen-bond donors (Lipinski definition) is 2. The van der Waals surface area contributed by atoms with E-state index < -0.39 is 0 Å². The Bertz CT molecular complexity index is 1390. The molecule has 0 bridgehead atoms. The lowest BCUT2D eigenvalue weighted by molar-refractivity contribution is 0.0974. The normalized spacial score (nSPS) is 10.8. The molecule has 10 heteroatoms. The first-order valence-electron chi connectivity index (χ1n) is 9.85. The van der Waals surface area contributed by atoms with Gasteiger partial charge in [0.1, 0.15) is 16.8 Å². The number of ether oxygens (including phenoxy) is 1. The van der Waals surface area contributed by atoms with E-state index in [1.165, 1.54) is 7.11 Å². The average Bonchev–Trinajstić information content (AvgIpc) is 3.16. The number of methoxy groups -OCH3 is 1. The molecule has 0 saturated heterocycles. The maximum Gasteiger partial charge on any atom is 0.261 e. The van der Waals surface area contributed by atoms with Crippen LogP contribution in [0.15, 0.2) is 53.0 Å². The molecule has 2 N–H and O–H groups in total. The van der Waals surface area contributed by atoms with E-state index in [0.29, 0.717) is 27.5 Å². The van der Waals surface area contributed by atoms with Crippen molar-refractivity contribution in [2.24, 2.45) is 0 Å². The topological polar surface area (TPSA) is 81.1 Å². The Balaban J connectivity index is 1.55. The van der Waals surface area contributed by atoms with Crippen LogP contribution in [0.3, 0.4) is 0 Å². The van der Waals surface area contributed by atoms with Crippen LogP contribution in [0.5, 0.6) is 5.75 Å². The van der Waals surface area contributed by atoms with Gasteiger partial charge in [-0.25, -0.2) is 0 Å². The van der Waals surface area contributed by atoms with Crippen molar-refractivity contribution < 1.29 is 9.53 Å². The fourth-order valence-electron chi connectivity index (χ4n) is 3.39. The second kappa shape index (κ2) is 9.46. The van der Waals surface area contributed by atoms with E-state index in [1.54, 1.807) is 23.0 Å². The third-order valence-electron chi connectivity index (χ3n) is 4.95. The number of hydrogen-bond acceptors (Lipinski definition) is 5. The lowest BCUT2D eigenvalue weighted by atomic mass is 10.1. The Morgan fingerprint density at radius 3 is 2.39 bits per heavy atom. The number of fused-ring (bicyclic) bond motifs is 1. The van der Waals surface area contributed by atoms with Gasteiger partial charge in [0.15, 0.2) is 5.11 Å². The molecule has 0 aliphatic heterocycles. The Hall–Kier alpha value is -3.01. The molecule has 0 aliphatic rings. The molecular formula is C23H19BrClN5O2S. The number of anilines is 1. The number of thiocarbonyl (C=S) groups is 1. The number of aromatic nitrogens is 3. The van der Waals surface area contributed by atoms with Gasteiger partial charge in [0.05, 0.1) is 18.4 Å². The van der Waals surface area contributed by atoms with Crippen LogP contribution in [0.25, 0.3) is 16.7 Å². The maximum atomic E-state index is 12.8. The molecular weight excluding hydrogens is 526 g/mol. The molecule has 0 unspecified atom stereocenters. The molecule has 168 valence electrons. The van der Waals surface area contributed by atoms with Gasteiger partial charge in [-0.3, -0.25) is 10.1 Å². The van der Waals surface area contributed by atoms with Crippen LogP contribution in [-0.2, 0) is 0 Å². The second-order valence-corrected chi connectivity index (χ2v) is 9.09. The van der Waals surface area contributed by atoms with Crippen molar-refractivity contribution in [2.45, 2.75) is 13.8 Å². The Labute approximate surface area is 209 Å². The molecule has 3 aromatic carbocycles. The van der Waals surface area contributed by atoms with Crippen molar-refractivity contribution >= 4 is 67.5 Å². The SMILES string of the molecule is COc1c(C)cc(Br)cc1C(=O)NC(=S)Nc1cc2nn(-c3ccc(Cl)cc3)nc2cc1C. The number of carbonyl (C=O) groups excluding carboxylic acids is 1. The summed E-state index contributed by atoms with van der Waals surface area (Å²) in [7, 11) is 1.53. The second-order valence-electron chi connectivity index (χ2n) is 7.33. The zero-order valence-corrected chi connectivity index (χ0v) is 21.1. The van der Waals surface area contributed by atoms with Gasteiger partial charge in [0.25, 0.3) is 5.91 Å². The van der Waals surface area contributed by atoms with E-state index in [0.717, 1.165) is 26.8 Å². The number of rotatable bonds is 4. The lowest BCUT2D eigenvalue weighted by Crippen LogP contribution is -2.34. The van der Waals surface area contributed by atoms with Crippen LogP contribution in [0.1, 0.15) is 21.5 Å². The van der Waals surface area contributed by atoms with Crippen LogP contribution in [0, 0.1) is 13.8 Å². The zero-order chi connectivity index (χ0) is 23.7. The highest BCUT2D eigenvalue weighted by molar-refractivity contribution is 9.10.